The van der Waals surface area contributed by atoms with Crippen molar-refractivity contribution >= 4 is 17.6 Å². The highest BCUT2D eigenvalue weighted by molar-refractivity contribution is 7.07. The molecule has 0 aliphatic heterocycles. The molecular weight excluding hydrogens is 326 g/mol. The van der Waals surface area contributed by atoms with E-state index in [9.17, 15) is 0 Å². The van der Waals surface area contributed by atoms with Crippen molar-refractivity contribution in [1.29, 1.82) is 0 Å². The number of nitrogens with zero attached hydrogens (tertiary/aromatic N) is 3. The van der Waals surface area contributed by atoms with Crippen molar-refractivity contribution in [3.05, 3.63) is 51.7 Å². The van der Waals surface area contributed by atoms with Crippen molar-refractivity contribution in [2.75, 3.05) is 0 Å². The molecule has 25 heavy (non-hydrogen) atoms. The van der Waals surface area contributed by atoms with Gasteiger partial charge in [0.1, 0.15) is 0 Å². The van der Waals surface area contributed by atoms with Crippen molar-refractivity contribution in [2.45, 2.75) is 53.0 Å². The summed E-state index contributed by atoms with van der Waals surface area (Å²) in [4.78, 5) is 5.73. The highest BCUT2D eigenvalue weighted by Crippen LogP contribution is 2.23. The zero-order valence-corrected chi connectivity index (χ0v) is 16.4. The Morgan fingerprint density at radius 1 is 1.20 bits per heavy atom. The Hall–Kier alpha value is -1.94. The lowest BCUT2D eigenvalue weighted by molar-refractivity contribution is 0.621. The number of benzene rings is 1. The lowest BCUT2D eigenvalue weighted by Crippen LogP contribution is -2.16. The van der Waals surface area contributed by atoms with Crippen LogP contribution in [0.4, 0.5) is 0 Å². The van der Waals surface area contributed by atoms with Gasteiger partial charge in [-0.05, 0) is 70.1 Å². The van der Waals surface area contributed by atoms with Gasteiger partial charge in [-0.15, -0.1) is 11.3 Å². The molecule has 0 fully saturated rings. The number of hydrogen-bond donors (Lipinski definition) is 0. The Labute approximate surface area is 154 Å². The van der Waals surface area contributed by atoms with E-state index in [-0.39, 0.29) is 6.04 Å². The van der Waals surface area contributed by atoms with Crippen LogP contribution in [0.5, 0.6) is 0 Å². The van der Waals surface area contributed by atoms with Crippen molar-refractivity contribution < 1.29 is 0 Å². The smallest absolute Gasteiger partial charge is 0.206 e. The summed E-state index contributed by atoms with van der Waals surface area (Å²) in [7, 11) is 0. The lowest BCUT2D eigenvalue weighted by Gasteiger charge is -2.12. The third kappa shape index (κ3) is 4.37. The molecule has 2 aromatic rings. The minimum Gasteiger partial charge on any atom is -0.255 e. The minimum atomic E-state index is 0.255. The van der Waals surface area contributed by atoms with Gasteiger partial charge in [0, 0.05) is 23.2 Å². The summed E-state index contributed by atoms with van der Waals surface area (Å²) in [6, 6.07) is 6.86. The van der Waals surface area contributed by atoms with Gasteiger partial charge < -0.3 is 0 Å². The van der Waals surface area contributed by atoms with Gasteiger partial charge >= 0.3 is 0 Å². The van der Waals surface area contributed by atoms with Gasteiger partial charge in [0.15, 0.2) is 0 Å². The second-order valence-corrected chi connectivity index (χ2v) is 7.88. The highest BCUT2D eigenvalue weighted by Gasteiger charge is 2.11. The fraction of sp³-hybridized carbons (Fsp3) is 0.429. The zero-order chi connectivity index (χ0) is 17.8. The molecule has 1 aromatic carbocycles. The molecule has 1 aliphatic rings. The minimum absolute atomic E-state index is 0.255. The number of aromatic nitrogens is 1. The predicted octanol–water partition coefficient (Wildman–Crippen LogP) is 5.33. The summed E-state index contributed by atoms with van der Waals surface area (Å²) < 4.78 is 2.02. The highest BCUT2D eigenvalue weighted by atomic mass is 32.1. The molecule has 1 aromatic heterocycles. The monoisotopic (exact) mass is 353 g/mol. The standard InChI is InChI=1S/C21H27N3S/c1-15(2)23-21-24(22-13-18-8-6-5-7-9-18)20(14-25-21)19-11-10-16(3)17(4)12-19/h5-6,10-15,18H,7-9H2,1-4H3. The van der Waals surface area contributed by atoms with E-state index in [1.54, 1.807) is 11.3 Å². The van der Waals surface area contributed by atoms with Gasteiger partial charge in [0.2, 0.25) is 4.80 Å². The van der Waals surface area contributed by atoms with Crippen LogP contribution in [0.3, 0.4) is 0 Å². The van der Waals surface area contributed by atoms with Crippen LogP contribution in [0.2, 0.25) is 0 Å². The van der Waals surface area contributed by atoms with Gasteiger partial charge in [-0.3, -0.25) is 4.99 Å². The zero-order valence-electron chi connectivity index (χ0n) is 15.6. The number of thiazole rings is 1. The van der Waals surface area contributed by atoms with Gasteiger partial charge in [0.25, 0.3) is 0 Å². The van der Waals surface area contributed by atoms with E-state index in [2.05, 4.69) is 69.6 Å². The molecule has 0 bridgehead atoms. The van der Waals surface area contributed by atoms with Crippen LogP contribution in [0.15, 0.2) is 45.8 Å². The molecule has 0 amide bonds. The maximum atomic E-state index is 4.85. The van der Waals surface area contributed by atoms with Crippen LogP contribution in [-0.4, -0.2) is 16.9 Å². The molecule has 3 nitrogen and oxygen atoms in total. The van der Waals surface area contributed by atoms with E-state index in [1.165, 1.54) is 23.1 Å². The van der Waals surface area contributed by atoms with E-state index in [0.717, 1.165) is 23.3 Å². The summed E-state index contributed by atoms with van der Waals surface area (Å²) in [6.07, 6.45) is 10.1. The van der Waals surface area contributed by atoms with Crippen molar-refractivity contribution in [3.8, 4) is 11.3 Å². The molecule has 1 aliphatic carbocycles. The predicted molar refractivity (Wildman–Crippen MR) is 108 cm³/mol. The largest absolute Gasteiger partial charge is 0.255 e. The second kappa shape index (κ2) is 7.96. The fourth-order valence-electron chi connectivity index (χ4n) is 2.93. The number of hydrogen-bond acceptors (Lipinski definition) is 3. The topological polar surface area (TPSA) is 29.6 Å². The molecule has 1 heterocycles. The van der Waals surface area contributed by atoms with Crippen molar-refractivity contribution in [1.82, 2.24) is 4.68 Å². The van der Waals surface area contributed by atoms with E-state index in [1.807, 2.05) is 4.68 Å². The Balaban J connectivity index is 2.03. The molecule has 0 saturated heterocycles. The first-order valence-corrected chi connectivity index (χ1v) is 9.94. The maximum Gasteiger partial charge on any atom is 0.206 e. The van der Waals surface area contributed by atoms with Crippen LogP contribution >= 0.6 is 11.3 Å². The number of aryl methyl sites for hydroxylation is 2. The average Bonchev–Trinajstić information content (AvgIpc) is 2.98. The van der Waals surface area contributed by atoms with E-state index in [0.29, 0.717) is 5.92 Å². The Bertz CT molecular complexity index is 852. The first-order valence-electron chi connectivity index (χ1n) is 9.06. The number of allylic oxidation sites excluding steroid dienone is 2. The average molecular weight is 354 g/mol. The normalized spacial score (nSPS) is 18.6. The summed E-state index contributed by atoms with van der Waals surface area (Å²) in [6.45, 7) is 8.52. The SMILES string of the molecule is Cc1ccc(-c2csc(=NC(C)C)n2N=CC2CC=CCC2)cc1C. The first-order chi connectivity index (χ1) is 12.0. The quantitative estimate of drug-likeness (QED) is 0.525. The number of rotatable bonds is 4. The Kier molecular flexibility index (Phi) is 5.69. The van der Waals surface area contributed by atoms with Crippen molar-refractivity contribution in [2.24, 2.45) is 16.0 Å². The second-order valence-electron chi connectivity index (χ2n) is 7.05. The third-order valence-corrected chi connectivity index (χ3v) is 5.39. The molecule has 1 unspecified atom stereocenters. The molecule has 3 rings (SSSR count). The van der Waals surface area contributed by atoms with Crippen LogP contribution in [-0.2, 0) is 0 Å². The van der Waals surface area contributed by atoms with Gasteiger partial charge in [-0.25, -0.2) is 4.68 Å². The first kappa shape index (κ1) is 17.9. The third-order valence-electron chi connectivity index (χ3n) is 4.56. The molecule has 4 heteroatoms. The molecule has 0 spiro atoms. The lowest BCUT2D eigenvalue weighted by atomic mass is 9.96. The summed E-state index contributed by atoms with van der Waals surface area (Å²) >= 11 is 1.66. The molecule has 0 N–H and O–H groups in total. The van der Waals surface area contributed by atoms with E-state index in [4.69, 9.17) is 10.1 Å². The van der Waals surface area contributed by atoms with Gasteiger partial charge in [-0.2, -0.15) is 5.10 Å². The van der Waals surface area contributed by atoms with Crippen molar-refractivity contribution in [3.63, 3.8) is 0 Å². The molecular formula is C21H27N3S. The Morgan fingerprint density at radius 3 is 2.72 bits per heavy atom. The molecule has 0 saturated carbocycles. The summed E-state index contributed by atoms with van der Waals surface area (Å²) in [5.74, 6) is 0.525. The maximum absolute atomic E-state index is 4.85. The van der Waals surface area contributed by atoms with Crippen LogP contribution in [0, 0.1) is 19.8 Å². The molecule has 0 radical (unpaired) electrons. The van der Waals surface area contributed by atoms with Crippen LogP contribution < -0.4 is 4.80 Å². The van der Waals surface area contributed by atoms with Gasteiger partial charge in [-0.1, -0.05) is 24.3 Å². The van der Waals surface area contributed by atoms with Crippen LogP contribution in [0.1, 0.15) is 44.2 Å². The van der Waals surface area contributed by atoms with E-state index >= 15 is 0 Å². The summed E-state index contributed by atoms with van der Waals surface area (Å²) in [5, 5.41) is 7.02. The van der Waals surface area contributed by atoms with Crippen LogP contribution in [0.25, 0.3) is 11.3 Å². The molecule has 132 valence electrons. The summed E-state index contributed by atoms with van der Waals surface area (Å²) in [5.41, 5.74) is 4.94. The Morgan fingerprint density at radius 2 is 2.04 bits per heavy atom. The fourth-order valence-corrected chi connectivity index (χ4v) is 3.90. The van der Waals surface area contributed by atoms with Gasteiger partial charge in [0.05, 0.1) is 5.69 Å². The molecule has 1 atom stereocenters. The van der Waals surface area contributed by atoms with E-state index < -0.39 is 0 Å².